The minimum absolute atomic E-state index is 0.605. The number of hydrogen-bond donors (Lipinski definition) is 0. The van der Waals surface area contributed by atoms with Gasteiger partial charge in [-0.1, -0.05) is 6.07 Å². The molecule has 0 unspecified atom stereocenters. The first-order valence-corrected chi connectivity index (χ1v) is 5.82. The molecule has 0 aliphatic heterocycles. The molecule has 0 spiro atoms. The molecule has 0 N–H and O–H groups in total. The Morgan fingerprint density at radius 3 is 2.88 bits per heavy atom. The van der Waals surface area contributed by atoms with Crippen molar-refractivity contribution in [3.63, 3.8) is 0 Å². The summed E-state index contributed by atoms with van der Waals surface area (Å²) in [6, 6.07) is 7.77. The van der Waals surface area contributed by atoms with Crippen LogP contribution in [0.5, 0.6) is 0 Å². The van der Waals surface area contributed by atoms with Crippen molar-refractivity contribution in [2.45, 2.75) is 6.54 Å². The molecular weight excluding hydrogens is 220 g/mol. The Labute approximate surface area is 98.4 Å². The molecule has 0 radical (unpaired) electrons. The molecule has 2 rings (SSSR count). The van der Waals surface area contributed by atoms with Crippen LogP contribution in [0.2, 0.25) is 0 Å². The highest BCUT2D eigenvalue weighted by molar-refractivity contribution is 7.09. The summed E-state index contributed by atoms with van der Waals surface area (Å²) in [6.45, 7) is 0.838. The average molecular weight is 232 g/mol. The molecule has 0 bridgehead atoms. The van der Waals surface area contributed by atoms with Crippen LogP contribution in [0.3, 0.4) is 0 Å². The molecule has 4 heteroatoms. The largest absolute Gasteiger partial charge is 0.355 e. The maximum Gasteiger partial charge on any atom is 0.151 e. The molecule has 2 aromatic heterocycles. The van der Waals surface area contributed by atoms with E-state index in [2.05, 4.69) is 21.3 Å². The summed E-state index contributed by atoms with van der Waals surface area (Å²) in [5, 5.41) is 2.06. The molecule has 16 heavy (non-hydrogen) atoms. The molecule has 2 aromatic rings. The molecule has 0 saturated carbocycles. The fourth-order valence-corrected chi connectivity index (χ4v) is 2.17. The fourth-order valence-electron chi connectivity index (χ4n) is 1.41. The molecule has 0 aromatic carbocycles. The minimum atomic E-state index is 0.605. The first-order chi connectivity index (χ1) is 7.79. The lowest BCUT2D eigenvalue weighted by molar-refractivity contribution is 0.112. The molecule has 0 fully saturated rings. The van der Waals surface area contributed by atoms with E-state index in [0.717, 1.165) is 18.6 Å². The van der Waals surface area contributed by atoms with Crippen LogP contribution in [0.1, 0.15) is 15.2 Å². The Kier molecular flexibility index (Phi) is 3.31. The van der Waals surface area contributed by atoms with E-state index >= 15 is 0 Å². The van der Waals surface area contributed by atoms with Crippen molar-refractivity contribution in [3.05, 3.63) is 46.3 Å². The summed E-state index contributed by atoms with van der Waals surface area (Å²) in [4.78, 5) is 18.1. The quantitative estimate of drug-likeness (QED) is 0.760. The summed E-state index contributed by atoms with van der Waals surface area (Å²) in [6.07, 6.45) is 2.39. The monoisotopic (exact) mass is 232 g/mol. The molecule has 0 amide bonds. The lowest BCUT2D eigenvalue weighted by Crippen LogP contribution is -2.16. The van der Waals surface area contributed by atoms with Crippen molar-refractivity contribution in [3.8, 4) is 0 Å². The van der Waals surface area contributed by atoms with Gasteiger partial charge >= 0.3 is 0 Å². The number of pyridine rings is 1. The third-order valence-corrected chi connectivity index (χ3v) is 3.13. The number of aromatic nitrogens is 1. The third-order valence-electron chi connectivity index (χ3n) is 2.27. The van der Waals surface area contributed by atoms with Gasteiger partial charge in [0.15, 0.2) is 6.29 Å². The second kappa shape index (κ2) is 4.90. The second-order valence-electron chi connectivity index (χ2n) is 3.50. The van der Waals surface area contributed by atoms with E-state index < -0.39 is 0 Å². The highest BCUT2D eigenvalue weighted by atomic mass is 32.1. The zero-order valence-electron chi connectivity index (χ0n) is 8.96. The first-order valence-electron chi connectivity index (χ1n) is 4.94. The summed E-state index contributed by atoms with van der Waals surface area (Å²) in [5.41, 5.74) is 0.605. The summed E-state index contributed by atoms with van der Waals surface area (Å²) >= 11 is 1.73. The van der Waals surface area contributed by atoms with Gasteiger partial charge in [-0.05, 0) is 23.6 Å². The van der Waals surface area contributed by atoms with Gasteiger partial charge in [0.2, 0.25) is 0 Å². The molecule has 0 saturated heterocycles. The predicted molar refractivity (Wildman–Crippen MR) is 66.1 cm³/mol. The van der Waals surface area contributed by atoms with Crippen molar-refractivity contribution in [1.82, 2.24) is 4.98 Å². The van der Waals surface area contributed by atoms with E-state index in [1.54, 1.807) is 23.6 Å². The van der Waals surface area contributed by atoms with Gasteiger partial charge in [0.25, 0.3) is 0 Å². The normalized spacial score (nSPS) is 10.1. The molecular formula is C12H12N2OS. The molecule has 0 aliphatic carbocycles. The summed E-state index contributed by atoms with van der Waals surface area (Å²) < 4.78 is 0. The van der Waals surface area contributed by atoms with E-state index in [4.69, 9.17) is 0 Å². The minimum Gasteiger partial charge on any atom is -0.355 e. The second-order valence-corrected chi connectivity index (χ2v) is 4.54. The Morgan fingerprint density at radius 2 is 2.31 bits per heavy atom. The Hall–Kier alpha value is -1.68. The van der Waals surface area contributed by atoms with Crippen LogP contribution in [-0.4, -0.2) is 18.3 Å². The van der Waals surface area contributed by atoms with Crippen LogP contribution in [0, 0.1) is 0 Å². The van der Waals surface area contributed by atoms with Crippen molar-refractivity contribution in [2.75, 3.05) is 11.9 Å². The summed E-state index contributed by atoms with van der Waals surface area (Å²) in [7, 11) is 1.99. The number of thiophene rings is 1. The van der Waals surface area contributed by atoms with Crippen molar-refractivity contribution < 1.29 is 4.79 Å². The number of nitrogens with zero attached hydrogens (tertiary/aromatic N) is 2. The van der Waals surface area contributed by atoms with Crippen molar-refractivity contribution >= 4 is 23.4 Å². The fraction of sp³-hybridized carbons (Fsp3) is 0.167. The highest BCUT2D eigenvalue weighted by Crippen LogP contribution is 2.15. The summed E-state index contributed by atoms with van der Waals surface area (Å²) in [5.74, 6) is 0.874. The van der Waals surface area contributed by atoms with Gasteiger partial charge in [-0.3, -0.25) is 4.79 Å². The molecule has 3 nitrogen and oxygen atoms in total. The van der Waals surface area contributed by atoms with Crippen LogP contribution < -0.4 is 4.90 Å². The number of hydrogen-bond acceptors (Lipinski definition) is 4. The van der Waals surface area contributed by atoms with Gasteiger partial charge in [-0.25, -0.2) is 4.98 Å². The number of anilines is 1. The Morgan fingerprint density at radius 1 is 1.44 bits per heavy atom. The predicted octanol–water partition coefficient (Wildman–Crippen LogP) is 2.59. The molecule has 82 valence electrons. The Bertz CT molecular complexity index is 450. The standard InChI is InChI=1S/C12H12N2OS/c1-14(8-11-3-2-6-16-11)12-5-4-10(9-15)7-13-12/h2-7,9H,8H2,1H3. The smallest absolute Gasteiger partial charge is 0.151 e. The van der Waals surface area contributed by atoms with Crippen LogP contribution in [0.25, 0.3) is 0 Å². The zero-order valence-corrected chi connectivity index (χ0v) is 9.78. The maximum absolute atomic E-state index is 10.5. The van der Waals surface area contributed by atoms with E-state index in [1.807, 2.05) is 19.2 Å². The molecule has 0 atom stereocenters. The molecule has 0 aliphatic rings. The number of aldehydes is 1. The lowest BCUT2D eigenvalue weighted by atomic mass is 10.3. The van der Waals surface area contributed by atoms with Crippen LogP contribution in [-0.2, 0) is 6.54 Å². The van der Waals surface area contributed by atoms with E-state index in [1.165, 1.54) is 4.88 Å². The number of carbonyl (C=O) groups is 1. The maximum atomic E-state index is 10.5. The van der Waals surface area contributed by atoms with Gasteiger partial charge in [-0.2, -0.15) is 0 Å². The SMILES string of the molecule is CN(Cc1cccs1)c1ccc(C=O)cn1. The Balaban J connectivity index is 2.08. The molecule has 2 heterocycles. The highest BCUT2D eigenvalue weighted by Gasteiger charge is 2.03. The van der Waals surface area contributed by atoms with Gasteiger partial charge < -0.3 is 4.90 Å². The van der Waals surface area contributed by atoms with Gasteiger partial charge in [0.05, 0.1) is 6.54 Å². The van der Waals surface area contributed by atoms with Crippen molar-refractivity contribution in [2.24, 2.45) is 0 Å². The first kappa shape index (κ1) is 10.8. The van der Waals surface area contributed by atoms with Crippen LogP contribution in [0.4, 0.5) is 5.82 Å². The van der Waals surface area contributed by atoms with Crippen LogP contribution >= 0.6 is 11.3 Å². The van der Waals surface area contributed by atoms with Gasteiger partial charge in [-0.15, -0.1) is 11.3 Å². The van der Waals surface area contributed by atoms with E-state index in [-0.39, 0.29) is 0 Å². The number of rotatable bonds is 4. The number of carbonyl (C=O) groups excluding carboxylic acids is 1. The van der Waals surface area contributed by atoms with E-state index in [0.29, 0.717) is 5.56 Å². The van der Waals surface area contributed by atoms with Crippen LogP contribution in [0.15, 0.2) is 35.8 Å². The zero-order chi connectivity index (χ0) is 11.4. The van der Waals surface area contributed by atoms with Gasteiger partial charge in [0, 0.05) is 23.7 Å². The topological polar surface area (TPSA) is 33.2 Å². The van der Waals surface area contributed by atoms with Crippen molar-refractivity contribution in [1.29, 1.82) is 0 Å². The average Bonchev–Trinajstić information content (AvgIpc) is 2.82. The van der Waals surface area contributed by atoms with E-state index in [9.17, 15) is 4.79 Å². The third kappa shape index (κ3) is 2.46. The lowest BCUT2D eigenvalue weighted by Gasteiger charge is -2.16. The van der Waals surface area contributed by atoms with Gasteiger partial charge in [0.1, 0.15) is 5.82 Å².